The van der Waals surface area contributed by atoms with Crippen LogP contribution in [0.25, 0.3) is 6.08 Å². The lowest BCUT2D eigenvalue weighted by atomic mass is 10.1. The van der Waals surface area contributed by atoms with Gasteiger partial charge in [-0.05, 0) is 36.8 Å². The van der Waals surface area contributed by atoms with Crippen LogP contribution < -0.4 is 9.47 Å². The summed E-state index contributed by atoms with van der Waals surface area (Å²) >= 11 is 7.14. The third-order valence-electron chi connectivity index (χ3n) is 4.80. The van der Waals surface area contributed by atoms with Gasteiger partial charge in [-0.2, -0.15) is 9.39 Å². The van der Waals surface area contributed by atoms with Gasteiger partial charge in [-0.15, -0.1) is 0 Å². The number of amides is 1. The van der Waals surface area contributed by atoms with E-state index in [9.17, 15) is 17.6 Å². The van der Waals surface area contributed by atoms with Crippen molar-refractivity contribution < 1.29 is 27.1 Å². The fourth-order valence-electron chi connectivity index (χ4n) is 3.24. The van der Waals surface area contributed by atoms with Crippen LogP contribution in [0, 0.1) is 11.2 Å². The quantitative estimate of drug-likeness (QED) is 0.436. The summed E-state index contributed by atoms with van der Waals surface area (Å²) in [5.41, 5.74) is 0.554. The van der Waals surface area contributed by atoms with E-state index in [1.165, 1.54) is 18.2 Å². The monoisotopic (exact) mass is 536 g/mol. The predicted molar refractivity (Wildman–Crippen MR) is 133 cm³/mol. The Morgan fingerprint density at radius 1 is 1.26 bits per heavy atom. The van der Waals surface area contributed by atoms with Crippen LogP contribution >= 0.6 is 23.5 Å². The lowest BCUT2D eigenvalue weighted by Crippen LogP contribution is -2.45. The number of carbonyl (C=O) groups is 1. The number of hydrogen-bond donors (Lipinski definition) is 1. The largest absolute Gasteiger partial charge is 0.490 e. The molecule has 4 rings (SSSR count). The van der Waals surface area contributed by atoms with Crippen molar-refractivity contribution in [1.29, 1.82) is 5.41 Å². The zero-order valence-electron chi connectivity index (χ0n) is 18.4. The highest BCUT2D eigenvalue weighted by molar-refractivity contribution is 8.16. The number of nitrogens with zero attached hydrogens (tertiary/aromatic N) is 3. The standard InChI is InChI=1S/C22H18ClFN4O5S2/c1-3-32-17-10-12(9-15(23)18(17)33-11-13-6-4-5-7-16(13)24)8-14-19(25)28-21(26-20(14)29)34-27-22(28)35(2,30)31/h4-10,25H,3,11H2,1-2H3/b14-8-,25-19?. The van der Waals surface area contributed by atoms with Gasteiger partial charge < -0.3 is 9.47 Å². The summed E-state index contributed by atoms with van der Waals surface area (Å²) in [7, 11) is -3.77. The number of halogens is 2. The Balaban J connectivity index is 1.68. The van der Waals surface area contributed by atoms with Crippen LogP contribution in [0.3, 0.4) is 0 Å². The maximum atomic E-state index is 14.0. The van der Waals surface area contributed by atoms with Crippen LogP contribution in [0.1, 0.15) is 18.1 Å². The molecule has 2 aromatic rings. The van der Waals surface area contributed by atoms with Gasteiger partial charge in [0.2, 0.25) is 20.2 Å². The Morgan fingerprint density at radius 2 is 2.00 bits per heavy atom. The first-order valence-electron chi connectivity index (χ1n) is 10.1. The van der Waals surface area contributed by atoms with Crippen LogP contribution in [-0.4, -0.2) is 48.3 Å². The number of amidine groups is 3. The zero-order valence-corrected chi connectivity index (χ0v) is 20.8. The molecule has 2 aromatic carbocycles. The van der Waals surface area contributed by atoms with Gasteiger partial charge in [0.05, 0.1) is 29.2 Å². The molecule has 13 heteroatoms. The first kappa shape index (κ1) is 24.9. The Morgan fingerprint density at radius 3 is 2.69 bits per heavy atom. The van der Waals surface area contributed by atoms with Gasteiger partial charge >= 0.3 is 0 Å². The predicted octanol–water partition coefficient (Wildman–Crippen LogP) is 4.08. The van der Waals surface area contributed by atoms with Crippen molar-refractivity contribution >= 4 is 61.5 Å². The maximum absolute atomic E-state index is 14.0. The molecule has 9 nitrogen and oxygen atoms in total. The topological polar surface area (TPSA) is 121 Å². The van der Waals surface area contributed by atoms with Gasteiger partial charge in [-0.25, -0.2) is 17.7 Å². The number of ether oxygens (including phenoxy) is 2. The molecular weight excluding hydrogens is 519 g/mol. The van der Waals surface area contributed by atoms with Gasteiger partial charge in [-0.3, -0.25) is 10.2 Å². The summed E-state index contributed by atoms with van der Waals surface area (Å²) in [4.78, 5) is 17.5. The first-order valence-corrected chi connectivity index (χ1v) is 13.2. The number of benzene rings is 2. The van der Waals surface area contributed by atoms with Gasteiger partial charge in [0.25, 0.3) is 5.91 Å². The zero-order chi connectivity index (χ0) is 25.3. The molecule has 0 bridgehead atoms. The van der Waals surface area contributed by atoms with Crippen LogP contribution in [0.2, 0.25) is 5.02 Å². The van der Waals surface area contributed by atoms with Crippen molar-refractivity contribution in [3.05, 3.63) is 63.9 Å². The number of fused-ring (bicyclic) bond motifs is 1. The van der Waals surface area contributed by atoms with E-state index >= 15 is 0 Å². The van der Waals surface area contributed by atoms with E-state index in [0.29, 0.717) is 23.1 Å². The average molecular weight is 537 g/mol. The van der Waals surface area contributed by atoms with Crippen molar-refractivity contribution in [1.82, 2.24) is 4.90 Å². The minimum absolute atomic E-state index is 0.0116. The van der Waals surface area contributed by atoms with E-state index in [0.717, 1.165) is 11.2 Å². The second kappa shape index (κ2) is 9.80. The summed E-state index contributed by atoms with van der Waals surface area (Å²) in [6.45, 7) is 1.94. The molecule has 0 atom stereocenters. The number of carbonyl (C=O) groups excluding carboxylic acids is 1. The number of aliphatic imine (C=N–C) groups is 1. The Labute approximate surface area is 209 Å². The molecule has 2 heterocycles. The Kier molecular flexibility index (Phi) is 6.97. The van der Waals surface area contributed by atoms with Crippen molar-refractivity contribution in [2.45, 2.75) is 13.5 Å². The van der Waals surface area contributed by atoms with Crippen molar-refractivity contribution in [3.63, 3.8) is 0 Å². The molecule has 0 unspecified atom stereocenters. The van der Waals surface area contributed by atoms with E-state index in [4.69, 9.17) is 26.5 Å². The fourth-order valence-corrected chi connectivity index (χ4v) is 5.36. The highest BCUT2D eigenvalue weighted by Gasteiger charge is 2.41. The molecule has 2 aliphatic heterocycles. The van der Waals surface area contributed by atoms with Crippen molar-refractivity contribution in [3.8, 4) is 11.5 Å². The molecule has 2 aliphatic rings. The second-order valence-corrected chi connectivity index (χ2v) is 10.4. The van der Waals surface area contributed by atoms with E-state index < -0.39 is 21.6 Å². The number of sulfone groups is 1. The van der Waals surface area contributed by atoms with Crippen molar-refractivity contribution in [2.24, 2.45) is 9.39 Å². The second-order valence-electron chi connectivity index (χ2n) is 7.32. The molecule has 1 amide bonds. The van der Waals surface area contributed by atoms with Gasteiger partial charge in [0.1, 0.15) is 18.3 Å². The fraction of sp³-hybridized carbons (Fsp3) is 0.182. The summed E-state index contributed by atoms with van der Waals surface area (Å²) < 4.78 is 53.3. The molecule has 1 N–H and O–H groups in total. The van der Waals surface area contributed by atoms with Gasteiger partial charge in [-0.1, -0.05) is 29.8 Å². The molecule has 0 radical (unpaired) electrons. The molecule has 0 spiro atoms. The molecule has 35 heavy (non-hydrogen) atoms. The molecule has 0 saturated carbocycles. The summed E-state index contributed by atoms with van der Waals surface area (Å²) in [5.74, 6) is -1.10. The summed E-state index contributed by atoms with van der Waals surface area (Å²) in [5, 5.41) is 8.19. The molecule has 182 valence electrons. The summed E-state index contributed by atoms with van der Waals surface area (Å²) in [6, 6.07) is 9.19. The minimum Gasteiger partial charge on any atom is -0.490 e. The minimum atomic E-state index is -3.77. The van der Waals surface area contributed by atoms with E-state index in [1.54, 1.807) is 31.2 Å². The van der Waals surface area contributed by atoms with E-state index in [-0.39, 0.29) is 51.5 Å². The first-order chi connectivity index (χ1) is 16.6. The van der Waals surface area contributed by atoms with Crippen LogP contribution in [-0.2, 0) is 21.2 Å². The SMILES string of the molecule is CCOc1cc(/C=C2/C(=N)N3C(=NC2=O)SN=C3S(C)(=O)=O)cc(Cl)c1OCc1ccccc1F. The molecular formula is C22H18ClFN4O5S2. The van der Waals surface area contributed by atoms with E-state index in [2.05, 4.69) is 9.39 Å². The Hall–Kier alpha value is -3.22. The normalized spacial score (nSPS) is 16.8. The van der Waals surface area contributed by atoms with Crippen LogP contribution in [0.5, 0.6) is 11.5 Å². The Bertz CT molecular complexity index is 1440. The maximum Gasteiger partial charge on any atom is 0.283 e. The van der Waals surface area contributed by atoms with Crippen molar-refractivity contribution in [2.75, 3.05) is 12.9 Å². The molecule has 0 fully saturated rings. The molecule has 0 aliphatic carbocycles. The molecule has 0 aromatic heterocycles. The van der Waals surface area contributed by atoms with Crippen LogP contribution in [0.15, 0.2) is 51.4 Å². The highest BCUT2D eigenvalue weighted by atomic mass is 35.5. The highest BCUT2D eigenvalue weighted by Crippen LogP contribution is 2.38. The van der Waals surface area contributed by atoms with Gasteiger partial charge in [0, 0.05) is 11.8 Å². The van der Waals surface area contributed by atoms with E-state index in [1.807, 2.05) is 0 Å². The number of hydrogen-bond acceptors (Lipinski definition) is 8. The lowest BCUT2D eigenvalue weighted by Gasteiger charge is -2.24. The van der Waals surface area contributed by atoms with Gasteiger partial charge in [0.15, 0.2) is 11.5 Å². The smallest absolute Gasteiger partial charge is 0.283 e. The molecule has 0 saturated heterocycles. The van der Waals surface area contributed by atoms with Crippen LogP contribution in [0.4, 0.5) is 4.39 Å². The average Bonchev–Trinajstić information content (AvgIpc) is 3.22. The third kappa shape index (κ3) is 5.09. The number of rotatable bonds is 6. The lowest BCUT2D eigenvalue weighted by molar-refractivity contribution is -0.114. The number of nitrogens with one attached hydrogen (secondary N) is 1. The summed E-state index contributed by atoms with van der Waals surface area (Å²) in [6.07, 6.45) is 2.31. The third-order valence-corrected chi connectivity index (χ3v) is 6.83.